The summed E-state index contributed by atoms with van der Waals surface area (Å²) in [5, 5.41) is 4.57. The van der Waals surface area contributed by atoms with Crippen LogP contribution in [0.2, 0.25) is 5.02 Å². The predicted molar refractivity (Wildman–Crippen MR) is 95.4 cm³/mol. The molecule has 1 aromatic rings. The molecule has 2 aliphatic rings. The molecule has 6 nitrogen and oxygen atoms in total. The molecule has 3 amide bonds. The summed E-state index contributed by atoms with van der Waals surface area (Å²) in [5.74, 6) is -2.73. The average Bonchev–Trinajstić information content (AvgIpc) is 2.63. The third-order valence-corrected chi connectivity index (χ3v) is 5.68. The van der Waals surface area contributed by atoms with Crippen molar-refractivity contribution < 1.29 is 31.9 Å². The molecule has 29 heavy (non-hydrogen) atoms. The van der Waals surface area contributed by atoms with Crippen molar-refractivity contribution >= 4 is 23.5 Å². The summed E-state index contributed by atoms with van der Waals surface area (Å²) < 4.78 is 57.4. The highest BCUT2D eigenvalue weighted by molar-refractivity contribution is 6.31. The highest BCUT2D eigenvalue weighted by atomic mass is 35.5. The number of amides is 3. The second-order valence-corrected chi connectivity index (χ2v) is 7.48. The van der Waals surface area contributed by atoms with Crippen molar-refractivity contribution in [2.45, 2.75) is 44.6 Å². The lowest BCUT2D eigenvalue weighted by atomic mass is 9.74. The molecule has 0 unspecified atom stereocenters. The molecular weight excluding hydrogens is 418 g/mol. The van der Waals surface area contributed by atoms with E-state index in [1.54, 1.807) is 6.92 Å². The summed E-state index contributed by atoms with van der Waals surface area (Å²) in [6, 6.07) is -0.161. The van der Waals surface area contributed by atoms with E-state index < -0.39 is 53.4 Å². The van der Waals surface area contributed by atoms with E-state index in [-0.39, 0.29) is 37.4 Å². The van der Waals surface area contributed by atoms with Gasteiger partial charge in [0.15, 0.2) is 0 Å². The van der Waals surface area contributed by atoms with Gasteiger partial charge in [-0.3, -0.25) is 4.79 Å². The minimum absolute atomic E-state index is 0.0561. The maximum Gasteiger partial charge on any atom is 0.345 e. The summed E-state index contributed by atoms with van der Waals surface area (Å²) in [6.07, 6.45) is -0.419. The molecule has 0 spiro atoms. The van der Waals surface area contributed by atoms with Gasteiger partial charge in [0.25, 0.3) is 0 Å². The molecule has 2 N–H and O–H groups in total. The van der Waals surface area contributed by atoms with Gasteiger partial charge in [-0.2, -0.15) is 8.78 Å². The van der Waals surface area contributed by atoms with Gasteiger partial charge in [0.2, 0.25) is 5.91 Å². The topological polar surface area (TPSA) is 70.7 Å². The summed E-state index contributed by atoms with van der Waals surface area (Å²) in [4.78, 5) is 25.9. The minimum atomic E-state index is -2.93. The maximum absolute atomic E-state index is 14.6. The van der Waals surface area contributed by atoms with Gasteiger partial charge in [-0.1, -0.05) is 17.7 Å². The van der Waals surface area contributed by atoms with Gasteiger partial charge in [-0.05, 0) is 31.7 Å². The molecule has 1 aliphatic carbocycles. The van der Waals surface area contributed by atoms with Crippen LogP contribution in [0.4, 0.5) is 22.4 Å². The van der Waals surface area contributed by atoms with E-state index >= 15 is 0 Å². The zero-order chi connectivity index (χ0) is 21.3. The molecule has 2 fully saturated rings. The number of alkyl halides is 2. The number of ether oxygens (including phenoxy) is 1. The van der Waals surface area contributed by atoms with Crippen LogP contribution in [0.15, 0.2) is 12.1 Å². The molecule has 0 aromatic heterocycles. The summed E-state index contributed by atoms with van der Waals surface area (Å²) in [7, 11) is 0. The first-order valence-electron chi connectivity index (χ1n) is 9.11. The van der Waals surface area contributed by atoms with Crippen molar-refractivity contribution in [1.29, 1.82) is 0 Å². The number of piperazine rings is 1. The van der Waals surface area contributed by atoms with Gasteiger partial charge >= 0.3 is 12.6 Å². The first-order chi connectivity index (χ1) is 13.7. The maximum atomic E-state index is 14.6. The Morgan fingerprint density at radius 1 is 1.34 bits per heavy atom. The number of nitrogens with one attached hydrogen (secondary N) is 2. The summed E-state index contributed by atoms with van der Waals surface area (Å²) in [6.45, 7) is -0.862. The smallest absolute Gasteiger partial charge is 0.345 e. The number of hydrogen-bond donors (Lipinski definition) is 2. The Kier molecular flexibility index (Phi) is 6.52. The number of halogens is 5. The van der Waals surface area contributed by atoms with Crippen LogP contribution in [0.25, 0.3) is 0 Å². The van der Waals surface area contributed by atoms with Crippen LogP contribution >= 0.6 is 11.6 Å². The number of benzene rings is 1. The Labute approximate surface area is 169 Å². The molecule has 2 atom stereocenters. The van der Waals surface area contributed by atoms with Gasteiger partial charge in [0.1, 0.15) is 22.7 Å². The van der Waals surface area contributed by atoms with E-state index in [0.29, 0.717) is 0 Å². The molecule has 0 bridgehead atoms. The van der Waals surface area contributed by atoms with Crippen molar-refractivity contribution in [3.63, 3.8) is 0 Å². The van der Waals surface area contributed by atoms with Crippen molar-refractivity contribution in [1.82, 2.24) is 15.5 Å². The first kappa shape index (κ1) is 21.6. The Balaban J connectivity index is 1.81. The van der Waals surface area contributed by atoms with Gasteiger partial charge in [0.05, 0.1) is 12.1 Å². The van der Waals surface area contributed by atoms with Crippen LogP contribution in [0, 0.1) is 17.6 Å². The molecule has 1 heterocycles. The largest absolute Gasteiger partial charge is 0.353 e. The minimum Gasteiger partial charge on any atom is -0.353 e. The van der Waals surface area contributed by atoms with Crippen molar-refractivity contribution in [3.05, 3.63) is 34.4 Å². The zero-order valence-electron chi connectivity index (χ0n) is 15.4. The van der Waals surface area contributed by atoms with Gasteiger partial charge in [-0.25, -0.2) is 13.6 Å². The van der Waals surface area contributed by atoms with E-state index in [9.17, 15) is 27.2 Å². The monoisotopic (exact) mass is 437 g/mol. The van der Waals surface area contributed by atoms with Crippen molar-refractivity contribution in [2.75, 3.05) is 13.1 Å². The van der Waals surface area contributed by atoms with E-state index in [1.807, 2.05) is 0 Å². The number of urea groups is 1. The summed E-state index contributed by atoms with van der Waals surface area (Å²) in [5.41, 5.74) is -0.0561. The highest BCUT2D eigenvalue weighted by Crippen LogP contribution is 2.42. The molecule has 0 radical (unpaired) electrons. The van der Waals surface area contributed by atoms with Gasteiger partial charge in [-0.15, -0.1) is 0 Å². The number of rotatable bonds is 5. The predicted octanol–water partition coefficient (Wildman–Crippen LogP) is 3.21. The first-order valence-corrected chi connectivity index (χ1v) is 9.48. The van der Waals surface area contributed by atoms with Crippen molar-refractivity contribution in [2.24, 2.45) is 5.92 Å². The molecule has 1 saturated carbocycles. The number of nitrogens with zero attached hydrogens (tertiary/aromatic N) is 1. The van der Waals surface area contributed by atoms with Crippen molar-refractivity contribution in [3.8, 4) is 0 Å². The van der Waals surface area contributed by atoms with E-state index in [4.69, 9.17) is 11.6 Å². The fourth-order valence-electron chi connectivity index (χ4n) is 3.64. The lowest BCUT2D eigenvalue weighted by Gasteiger charge is -2.42. The second kappa shape index (κ2) is 8.74. The van der Waals surface area contributed by atoms with Crippen LogP contribution in [0.3, 0.4) is 0 Å². The third kappa shape index (κ3) is 4.58. The second-order valence-electron chi connectivity index (χ2n) is 7.10. The molecule has 1 aromatic carbocycles. The molecule has 3 rings (SSSR count). The molecule has 160 valence electrons. The molecule has 1 saturated heterocycles. The third-order valence-electron chi connectivity index (χ3n) is 5.34. The van der Waals surface area contributed by atoms with Gasteiger partial charge in [0, 0.05) is 18.7 Å². The Bertz CT molecular complexity index is 792. The van der Waals surface area contributed by atoms with Gasteiger partial charge < -0.3 is 20.3 Å². The fourth-order valence-corrected chi connectivity index (χ4v) is 3.81. The molecule has 1 aliphatic heterocycles. The highest BCUT2D eigenvalue weighted by Gasteiger charge is 2.41. The lowest BCUT2D eigenvalue weighted by Crippen LogP contribution is -2.59. The molecular formula is C18H20ClF4N3O3. The average molecular weight is 438 g/mol. The molecule has 11 heteroatoms. The SMILES string of the molecule is C[C@@H]1C(=O)NCCN1C(=O)N[C@H](c1ccc(F)c(Cl)c1F)[C@H]1C[C@H](OC(F)F)C1. The summed E-state index contributed by atoms with van der Waals surface area (Å²) >= 11 is 5.67. The number of carbonyl (C=O) groups is 2. The lowest BCUT2D eigenvalue weighted by molar-refractivity contribution is -0.193. The van der Waals surface area contributed by atoms with E-state index in [0.717, 1.165) is 12.1 Å². The van der Waals surface area contributed by atoms with Crippen LogP contribution in [0.5, 0.6) is 0 Å². The van der Waals surface area contributed by atoms with E-state index in [1.165, 1.54) is 4.90 Å². The fraction of sp³-hybridized carbons (Fsp3) is 0.556. The Hall–Kier alpha value is -2.07. The quantitative estimate of drug-likeness (QED) is 0.549. The number of hydrogen-bond acceptors (Lipinski definition) is 3. The standard InChI is InChI=1S/C18H20ClF4N3O3/c1-8-16(27)24-4-5-26(8)18(28)25-15(9-6-10(7-9)29-17(22)23)11-2-3-12(20)13(19)14(11)21/h2-3,8-10,15,17H,4-7H2,1H3,(H,24,27)(H,25,28)/t8-,9-,10-,15+/m1/s1. The zero-order valence-corrected chi connectivity index (χ0v) is 16.2. The normalized spacial score (nSPS) is 25.4. The van der Waals surface area contributed by atoms with Crippen LogP contribution in [-0.2, 0) is 9.53 Å². The Morgan fingerprint density at radius 2 is 2.03 bits per heavy atom. The van der Waals surface area contributed by atoms with Crippen LogP contribution in [-0.4, -0.2) is 48.7 Å². The van der Waals surface area contributed by atoms with Crippen LogP contribution in [0.1, 0.15) is 31.4 Å². The Morgan fingerprint density at radius 3 is 2.69 bits per heavy atom. The van der Waals surface area contributed by atoms with E-state index in [2.05, 4.69) is 15.4 Å². The number of carbonyl (C=O) groups excluding carboxylic acids is 2. The van der Waals surface area contributed by atoms with Crippen LogP contribution < -0.4 is 10.6 Å².